The topological polar surface area (TPSA) is 55.5 Å². The summed E-state index contributed by atoms with van der Waals surface area (Å²) < 4.78 is 5.59. The van der Waals surface area contributed by atoms with Crippen molar-refractivity contribution in [2.24, 2.45) is 5.73 Å². The molecule has 1 aromatic carbocycles. The molecule has 84 valence electrons. The molecular formula is C11H16ClNO2. The van der Waals surface area contributed by atoms with Crippen molar-refractivity contribution in [3.05, 3.63) is 29.8 Å². The van der Waals surface area contributed by atoms with Gasteiger partial charge in [0, 0.05) is 0 Å². The first-order chi connectivity index (χ1) is 6.79. The second-order valence-corrected chi connectivity index (χ2v) is 3.68. The number of nitrogens with two attached hydrogens (primary N) is 1. The average molecular weight is 230 g/mol. The molecule has 0 bridgehead atoms. The van der Waals surface area contributed by atoms with Crippen molar-refractivity contribution in [2.75, 3.05) is 6.61 Å². The van der Waals surface area contributed by atoms with Crippen LogP contribution in [-0.4, -0.2) is 17.8 Å². The van der Waals surface area contributed by atoms with E-state index >= 15 is 0 Å². The first-order valence-electron chi connectivity index (χ1n) is 4.92. The van der Waals surface area contributed by atoms with Gasteiger partial charge in [-0.2, -0.15) is 0 Å². The molecule has 0 aromatic heterocycles. The molecule has 1 aliphatic rings. The average Bonchev–Trinajstić information content (AvgIpc) is 3.02. The molecule has 0 aliphatic heterocycles. The fraction of sp³-hybridized carbons (Fsp3) is 0.455. The molecule has 0 radical (unpaired) electrons. The normalized spacial score (nSPS) is 16.7. The molecule has 0 spiro atoms. The molecule has 3 nitrogen and oxygen atoms in total. The standard InChI is InChI=1S/C11H15NO2.ClH/c12-11(7-13)8-1-3-9(4-2-8)14-10-5-6-10;/h1-4,10-11,13H,5-7,12H2;1H. The zero-order valence-corrected chi connectivity index (χ0v) is 9.24. The molecule has 3 N–H and O–H groups in total. The van der Waals surface area contributed by atoms with Crippen LogP contribution in [0, 0.1) is 0 Å². The van der Waals surface area contributed by atoms with E-state index in [1.807, 2.05) is 24.3 Å². The van der Waals surface area contributed by atoms with E-state index < -0.39 is 0 Å². The Labute approximate surface area is 95.7 Å². The lowest BCUT2D eigenvalue weighted by Gasteiger charge is -2.09. The smallest absolute Gasteiger partial charge is 0.119 e. The van der Waals surface area contributed by atoms with Gasteiger partial charge in [-0.3, -0.25) is 0 Å². The highest BCUT2D eigenvalue weighted by atomic mass is 35.5. The van der Waals surface area contributed by atoms with E-state index in [0.29, 0.717) is 6.10 Å². The van der Waals surface area contributed by atoms with E-state index in [2.05, 4.69) is 0 Å². The van der Waals surface area contributed by atoms with Crippen LogP contribution >= 0.6 is 12.4 Å². The molecule has 1 fully saturated rings. The summed E-state index contributed by atoms with van der Waals surface area (Å²) in [4.78, 5) is 0. The van der Waals surface area contributed by atoms with Gasteiger partial charge in [0.25, 0.3) is 0 Å². The molecule has 0 amide bonds. The van der Waals surface area contributed by atoms with Crippen LogP contribution in [0.3, 0.4) is 0 Å². The van der Waals surface area contributed by atoms with Crippen LogP contribution in [0.4, 0.5) is 0 Å². The van der Waals surface area contributed by atoms with Crippen molar-refractivity contribution in [3.63, 3.8) is 0 Å². The number of rotatable bonds is 4. The first kappa shape index (κ1) is 12.3. The van der Waals surface area contributed by atoms with E-state index in [-0.39, 0.29) is 25.1 Å². The van der Waals surface area contributed by atoms with Crippen LogP contribution in [0.15, 0.2) is 24.3 Å². The third kappa shape index (κ3) is 3.38. The number of ether oxygens (including phenoxy) is 1. The van der Waals surface area contributed by atoms with Crippen LogP contribution in [-0.2, 0) is 0 Å². The Morgan fingerprint density at radius 3 is 2.40 bits per heavy atom. The van der Waals surface area contributed by atoms with Gasteiger partial charge in [-0.05, 0) is 30.5 Å². The van der Waals surface area contributed by atoms with Gasteiger partial charge < -0.3 is 15.6 Å². The van der Waals surface area contributed by atoms with Gasteiger partial charge in [-0.25, -0.2) is 0 Å². The highest BCUT2D eigenvalue weighted by Gasteiger charge is 2.23. The molecule has 1 saturated carbocycles. The zero-order valence-electron chi connectivity index (χ0n) is 8.43. The summed E-state index contributed by atoms with van der Waals surface area (Å²) in [7, 11) is 0. The number of hydrogen-bond donors (Lipinski definition) is 2. The van der Waals surface area contributed by atoms with E-state index in [4.69, 9.17) is 15.6 Å². The monoisotopic (exact) mass is 229 g/mol. The third-order valence-corrected chi connectivity index (χ3v) is 2.33. The SMILES string of the molecule is Cl.NC(CO)c1ccc(OC2CC2)cc1. The maximum atomic E-state index is 8.86. The Bertz CT molecular complexity index is 298. The van der Waals surface area contributed by atoms with Crippen molar-refractivity contribution in [1.29, 1.82) is 0 Å². The van der Waals surface area contributed by atoms with Crippen molar-refractivity contribution < 1.29 is 9.84 Å². The molecule has 4 heteroatoms. The molecule has 15 heavy (non-hydrogen) atoms. The summed E-state index contributed by atoms with van der Waals surface area (Å²) >= 11 is 0. The van der Waals surface area contributed by atoms with Gasteiger partial charge in [0.1, 0.15) is 5.75 Å². The van der Waals surface area contributed by atoms with Crippen LogP contribution in [0.2, 0.25) is 0 Å². The Morgan fingerprint density at radius 2 is 1.93 bits per heavy atom. The van der Waals surface area contributed by atoms with E-state index in [1.54, 1.807) is 0 Å². The minimum Gasteiger partial charge on any atom is -0.490 e. The van der Waals surface area contributed by atoms with Crippen molar-refractivity contribution in [3.8, 4) is 5.75 Å². The van der Waals surface area contributed by atoms with E-state index in [0.717, 1.165) is 24.2 Å². The Balaban J connectivity index is 0.00000112. The summed E-state index contributed by atoms with van der Waals surface area (Å²) in [6.07, 6.45) is 2.75. The van der Waals surface area contributed by atoms with Gasteiger partial charge in [0.15, 0.2) is 0 Å². The van der Waals surface area contributed by atoms with E-state index in [9.17, 15) is 0 Å². The summed E-state index contributed by atoms with van der Waals surface area (Å²) in [5, 5.41) is 8.86. The fourth-order valence-corrected chi connectivity index (χ4v) is 1.28. The molecule has 1 aliphatic carbocycles. The van der Waals surface area contributed by atoms with Crippen LogP contribution in [0.25, 0.3) is 0 Å². The highest BCUT2D eigenvalue weighted by molar-refractivity contribution is 5.85. The predicted molar refractivity (Wildman–Crippen MR) is 61.4 cm³/mol. The van der Waals surface area contributed by atoms with Gasteiger partial charge >= 0.3 is 0 Å². The van der Waals surface area contributed by atoms with Gasteiger partial charge in [0.05, 0.1) is 18.8 Å². The largest absolute Gasteiger partial charge is 0.490 e. The van der Waals surface area contributed by atoms with Gasteiger partial charge in [-0.1, -0.05) is 12.1 Å². The number of aliphatic hydroxyl groups is 1. The summed E-state index contributed by atoms with van der Waals surface area (Å²) in [5.41, 5.74) is 6.61. The predicted octanol–water partition coefficient (Wildman–Crippen LogP) is 1.64. The lowest BCUT2D eigenvalue weighted by molar-refractivity contribution is 0.267. The van der Waals surface area contributed by atoms with Crippen LogP contribution in [0.1, 0.15) is 24.4 Å². The minimum absolute atomic E-state index is 0. The molecule has 1 unspecified atom stereocenters. The number of aliphatic hydroxyl groups excluding tert-OH is 1. The first-order valence-corrected chi connectivity index (χ1v) is 4.92. The number of halogens is 1. The molecule has 1 atom stereocenters. The summed E-state index contributed by atoms with van der Waals surface area (Å²) in [6.45, 7) is -0.0250. The Kier molecular flexibility index (Phi) is 4.39. The maximum absolute atomic E-state index is 8.86. The van der Waals surface area contributed by atoms with Crippen molar-refractivity contribution in [2.45, 2.75) is 25.0 Å². The van der Waals surface area contributed by atoms with Gasteiger partial charge in [-0.15, -0.1) is 12.4 Å². The third-order valence-electron chi connectivity index (χ3n) is 2.33. The van der Waals surface area contributed by atoms with Crippen LogP contribution in [0.5, 0.6) is 5.75 Å². The van der Waals surface area contributed by atoms with E-state index in [1.165, 1.54) is 0 Å². The quantitative estimate of drug-likeness (QED) is 0.826. The number of benzene rings is 1. The Hall–Kier alpha value is -0.770. The van der Waals surface area contributed by atoms with Crippen molar-refractivity contribution in [1.82, 2.24) is 0 Å². The van der Waals surface area contributed by atoms with Crippen LogP contribution < -0.4 is 10.5 Å². The second kappa shape index (κ2) is 5.35. The molecule has 1 aromatic rings. The van der Waals surface area contributed by atoms with Crippen molar-refractivity contribution >= 4 is 12.4 Å². The maximum Gasteiger partial charge on any atom is 0.119 e. The Morgan fingerprint density at radius 1 is 1.33 bits per heavy atom. The summed E-state index contributed by atoms with van der Waals surface area (Å²) in [5.74, 6) is 0.890. The second-order valence-electron chi connectivity index (χ2n) is 3.68. The zero-order chi connectivity index (χ0) is 9.97. The summed E-state index contributed by atoms with van der Waals surface area (Å²) in [6, 6.07) is 7.33. The minimum atomic E-state index is -0.287. The molecule has 2 rings (SSSR count). The molecule has 0 heterocycles. The lowest BCUT2D eigenvalue weighted by atomic mass is 10.1. The lowest BCUT2D eigenvalue weighted by Crippen LogP contribution is -2.14. The van der Waals surface area contributed by atoms with Gasteiger partial charge in [0.2, 0.25) is 0 Å². The molecular weight excluding hydrogens is 214 g/mol. The fourth-order valence-electron chi connectivity index (χ4n) is 1.28. The highest BCUT2D eigenvalue weighted by Crippen LogP contribution is 2.27. The molecule has 0 saturated heterocycles. The number of hydrogen-bond acceptors (Lipinski definition) is 3.